The first-order chi connectivity index (χ1) is 13.1. The third-order valence-electron chi connectivity index (χ3n) is 4.60. The van der Waals surface area contributed by atoms with Crippen molar-refractivity contribution in [3.63, 3.8) is 0 Å². The Hall–Kier alpha value is -2.93. The predicted molar refractivity (Wildman–Crippen MR) is 99.1 cm³/mol. The van der Waals surface area contributed by atoms with Gasteiger partial charge in [-0.15, -0.1) is 0 Å². The van der Waals surface area contributed by atoms with Crippen LogP contribution in [-0.4, -0.2) is 64.2 Å². The topological polar surface area (TPSA) is 83.0 Å². The van der Waals surface area contributed by atoms with Gasteiger partial charge in [-0.1, -0.05) is 30.3 Å². The normalized spacial score (nSPS) is 15.2. The fraction of sp³-hybridized carbons (Fsp3) is 0.350. The summed E-state index contributed by atoms with van der Waals surface area (Å²) in [7, 11) is 0. The number of nitrogens with zero attached hydrogens (tertiary/aromatic N) is 3. The second kappa shape index (κ2) is 9.14. The van der Waals surface area contributed by atoms with E-state index in [1.54, 1.807) is 29.4 Å². The quantitative estimate of drug-likeness (QED) is 0.842. The number of hydrogen-bond donors (Lipinski definition) is 1. The zero-order valence-corrected chi connectivity index (χ0v) is 15.0. The zero-order chi connectivity index (χ0) is 19.1. The molecule has 1 saturated heterocycles. The molecular formula is C20H23N3O4. The third-order valence-corrected chi connectivity index (χ3v) is 4.60. The molecule has 1 atom stereocenters. The van der Waals surface area contributed by atoms with E-state index < -0.39 is 12.1 Å². The summed E-state index contributed by atoms with van der Waals surface area (Å²) in [6.45, 7) is 2.04. The average Bonchev–Trinajstić information content (AvgIpc) is 2.72. The lowest BCUT2D eigenvalue weighted by molar-refractivity contribution is -0.140. The van der Waals surface area contributed by atoms with Gasteiger partial charge in [0.15, 0.2) is 0 Å². The Labute approximate surface area is 158 Å². The monoisotopic (exact) mass is 369 g/mol. The van der Waals surface area contributed by atoms with E-state index in [-0.39, 0.29) is 12.5 Å². The van der Waals surface area contributed by atoms with Crippen molar-refractivity contribution >= 4 is 12.0 Å². The van der Waals surface area contributed by atoms with Gasteiger partial charge in [0.25, 0.3) is 0 Å². The summed E-state index contributed by atoms with van der Waals surface area (Å²) in [6.07, 6.45) is 2.44. The molecule has 2 heterocycles. The number of pyridine rings is 1. The smallest absolute Gasteiger partial charge is 0.408 e. The predicted octanol–water partition coefficient (Wildman–Crippen LogP) is 2.03. The van der Waals surface area contributed by atoms with Gasteiger partial charge in [0.05, 0.1) is 13.2 Å². The molecule has 3 rings (SSSR count). The van der Waals surface area contributed by atoms with Gasteiger partial charge in [0.1, 0.15) is 6.04 Å². The van der Waals surface area contributed by atoms with Crippen molar-refractivity contribution in [2.24, 2.45) is 0 Å². The van der Waals surface area contributed by atoms with Crippen molar-refractivity contribution in [1.82, 2.24) is 14.8 Å². The Morgan fingerprint density at radius 2 is 1.74 bits per heavy atom. The molecule has 27 heavy (non-hydrogen) atoms. The van der Waals surface area contributed by atoms with Crippen LogP contribution in [0, 0.1) is 0 Å². The fourth-order valence-electron chi connectivity index (χ4n) is 3.16. The van der Waals surface area contributed by atoms with Gasteiger partial charge in [-0.2, -0.15) is 0 Å². The molecule has 2 aromatic rings. The van der Waals surface area contributed by atoms with E-state index in [2.05, 4.69) is 4.98 Å². The van der Waals surface area contributed by atoms with Crippen molar-refractivity contribution in [3.8, 4) is 0 Å². The van der Waals surface area contributed by atoms with Crippen molar-refractivity contribution in [2.75, 3.05) is 26.3 Å². The lowest BCUT2D eigenvalue weighted by Crippen LogP contribution is -2.53. The van der Waals surface area contributed by atoms with Gasteiger partial charge in [-0.05, 0) is 23.3 Å². The van der Waals surface area contributed by atoms with Crippen molar-refractivity contribution in [1.29, 1.82) is 0 Å². The number of amides is 2. The molecular weight excluding hydrogens is 346 g/mol. The van der Waals surface area contributed by atoms with Crippen LogP contribution >= 0.6 is 0 Å². The largest absolute Gasteiger partial charge is 0.465 e. The standard InChI is InChI=1S/C20H23N3O4/c24-19(22-10-12-27-13-11-22)18(14-16-4-2-1-3-5-16)23(20(25)26)15-17-6-8-21-9-7-17/h1-9,18H,10-15H2,(H,25,26)/t18-/m0/s1. The van der Waals surface area contributed by atoms with Crippen LogP contribution in [0.3, 0.4) is 0 Å². The third kappa shape index (κ3) is 5.04. The molecule has 1 fully saturated rings. The Morgan fingerprint density at radius 3 is 2.37 bits per heavy atom. The summed E-state index contributed by atoms with van der Waals surface area (Å²) in [6, 6.07) is 12.2. The highest BCUT2D eigenvalue weighted by atomic mass is 16.5. The van der Waals surface area contributed by atoms with Gasteiger partial charge in [0, 0.05) is 38.4 Å². The van der Waals surface area contributed by atoms with E-state index in [1.165, 1.54) is 4.90 Å². The fourth-order valence-corrected chi connectivity index (χ4v) is 3.16. The van der Waals surface area contributed by atoms with E-state index in [0.29, 0.717) is 32.7 Å². The first-order valence-electron chi connectivity index (χ1n) is 8.94. The van der Waals surface area contributed by atoms with Crippen LogP contribution in [-0.2, 0) is 22.5 Å². The number of ether oxygens (including phenoxy) is 1. The molecule has 7 heteroatoms. The first kappa shape index (κ1) is 18.8. The van der Waals surface area contributed by atoms with Crippen LogP contribution in [0.15, 0.2) is 54.9 Å². The lowest BCUT2D eigenvalue weighted by Gasteiger charge is -2.35. The van der Waals surface area contributed by atoms with Crippen LogP contribution in [0.25, 0.3) is 0 Å². The molecule has 0 saturated carbocycles. The van der Waals surface area contributed by atoms with Crippen molar-refractivity contribution in [2.45, 2.75) is 19.0 Å². The van der Waals surface area contributed by atoms with Crippen LogP contribution in [0.4, 0.5) is 4.79 Å². The summed E-state index contributed by atoms with van der Waals surface area (Å²) in [5, 5.41) is 9.85. The van der Waals surface area contributed by atoms with E-state index in [0.717, 1.165) is 11.1 Å². The van der Waals surface area contributed by atoms with Gasteiger partial charge in [-0.25, -0.2) is 4.79 Å². The van der Waals surface area contributed by atoms with Gasteiger partial charge in [0.2, 0.25) is 5.91 Å². The summed E-state index contributed by atoms with van der Waals surface area (Å²) >= 11 is 0. The minimum Gasteiger partial charge on any atom is -0.465 e. The molecule has 0 bridgehead atoms. The molecule has 1 aliphatic heterocycles. The maximum Gasteiger partial charge on any atom is 0.408 e. The molecule has 1 aromatic heterocycles. The van der Waals surface area contributed by atoms with Gasteiger partial charge >= 0.3 is 6.09 Å². The molecule has 0 aliphatic carbocycles. The van der Waals surface area contributed by atoms with E-state index in [1.807, 2.05) is 30.3 Å². The number of rotatable bonds is 6. The maximum absolute atomic E-state index is 13.2. The first-order valence-corrected chi connectivity index (χ1v) is 8.94. The highest BCUT2D eigenvalue weighted by Crippen LogP contribution is 2.17. The number of carbonyl (C=O) groups excluding carboxylic acids is 1. The summed E-state index contributed by atoms with van der Waals surface area (Å²) < 4.78 is 5.32. The minimum absolute atomic E-state index is 0.130. The number of carboxylic acid groups (broad SMARTS) is 1. The van der Waals surface area contributed by atoms with E-state index >= 15 is 0 Å². The maximum atomic E-state index is 13.2. The Bertz CT molecular complexity index is 748. The van der Waals surface area contributed by atoms with Crippen LogP contribution in [0.1, 0.15) is 11.1 Å². The highest BCUT2D eigenvalue weighted by molar-refractivity contribution is 5.85. The van der Waals surface area contributed by atoms with E-state index in [9.17, 15) is 14.7 Å². The molecule has 0 unspecified atom stereocenters. The molecule has 1 aliphatic rings. The van der Waals surface area contributed by atoms with Crippen LogP contribution in [0.2, 0.25) is 0 Å². The van der Waals surface area contributed by atoms with Crippen molar-refractivity contribution in [3.05, 3.63) is 66.0 Å². The van der Waals surface area contributed by atoms with Crippen molar-refractivity contribution < 1.29 is 19.4 Å². The lowest BCUT2D eigenvalue weighted by atomic mass is 10.0. The average molecular weight is 369 g/mol. The molecule has 7 nitrogen and oxygen atoms in total. The highest BCUT2D eigenvalue weighted by Gasteiger charge is 2.33. The number of hydrogen-bond acceptors (Lipinski definition) is 4. The molecule has 0 radical (unpaired) electrons. The van der Waals surface area contributed by atoms with Gasteiger partial charge < -0.3 is 14.7 Å². The molecule has 0 spiro atoms. The molecule has 1 aromatic carbocycles. The number of benzene rings is 1. The summed E-state index contributed by atoms with van der Waals surface area (Å²) in [4.78, 5) is 32.1. The second-order valence-electron chi connectivity index (χ2n) is 6.41. The number of morpholine rings is 1. The van der Waals surface area contributed by atoms with Crippen LogP contribution in [0.5, 0.6) is 0 Å². The molecule has 1 N–H and O–H groups in total. The second-order valence-corrected chi connectivity index (χ2v) is 6.41. The molecule has 142 valence electrons. The Kier molecular flexibility index (Phi) is 6.38. The number of carbonyl (C=O) groups is 2. The summed E-state index contributed by atoms with van der Waals surface area (Å²) in [5.41, 5.74) is 1.71. The summed E-state index contributed by atoms with van der Waals surface area (Å²) in [5.74, 6) is -0.182. The SMILES string of the molecule is O=C([C@H](Cc1ccccc1)N(Cc1ccncc1)C(=O)O)N1CCOCC1. The number of aromatic nitrogens is 1. The van der Waals surface area contributed by atoms with Gasteiger partial charge in [-0.3, -0.25) is 14.7 Å². The Balaban J connectivity index is 1.87. The van der Waals surface area contributed by atoms with Crippen LogP contribution < -0.4 is 0 Å². The Morgan fingerprint density at radius 1 is 1.07 bits per heavy atom. The molecule has 2 amide bonds. The minimum atomic E-state index is -1.12. The zero-order valence-electron chi connectivity index (χ0n) is 15.0. The van der Waals surface area contributed by atoms with E-state index in [4.69, 9.17) is 4.74 Å².